The van der Waals surface area contributed by atoms with Gasteiger partial charge in [-0.2, -0.15) is 0 Å². The van der Waals surface area contributed by atoms with Crippen molar-refractivity contribution >= 4 is 18.2 Å². The molecule has 0 aromatic heterocycles. The molecule has 228 valence electrons. The number of carbonyl (C=O) groups excluding carboxylic acids is 3. The molecule has 3 amide bonds. The van der Waals surface area contributed by atoms with Gasteiger partial charge in [-0.15, -0.1) is 0 Å². The lowest BCUT2D eigenvalue weighted by Gasteiger charge is -2.49. The van der Waals surface area contributed by atoms with Gasteiger partial charge in [0.2, 0.25) is 18.2 Å². The predicted octanol–water partition coefficient (Wildman–Crippen LogP) is 5.69. The van der Waals surface area contributed by atoms with E-state index in [1.807, 2.05) is 57.8 Å². The molecule has 7 nitrogen and oxygen atoms in total. The Labute approximate surface area is 249 Å². The van der Waals surface area contributed by atoms with E-state index in [9.17, 15) is 14.4 Å². The van der Waals surface area contributed by atoms with Crippen LogP contribution in [0.15, 0.2) is 54.6 Å². The fourth-order valence-electron chi connectivity index (χ4n) is 4.97. The Hall–Kier alpha value is -3.19. The summed E-state index contributed by atoms with van der Waals surface area (Å²) in [7, 11) is 3.64. The smallest absolute Gasteiger partial charge is 0.245 e. The molecule has 0 bridgehead atoms. The first-order valence-electron chi connectivity index (χ1n) is 15.2. The van der Waals surface area contributed by atoms with Crippen molar-refractivity contribution in [2.75, 3.05) is 27.2 Å². The third kappa shape index (κ3) is 11.0. The van der Waals surface area contributed by atoms with Crippen LogP contribution in [0.2, 0.25) is 0 Å². The fraction of sp³-hybridized carbons (Fsp3) is 0.559. The molecule has 1 aliphatic rings. The van der Waals surface area contributed by atoms with E-state index in [0.29, 0.717) is 25.9 Å². The fourth-order valence-corrected chi connectivity index (χ4v) is 4.97. The Bertz CT molecular complexity index is 1030. The zero-order valence-corrected chi connectivity index (χ0v) is 26.9. The van der Waals surface area contributed by atoms with Crippen LogP contribution in [0.1, 0.15) is 83.9 Å². The van der Waals surface area contributed by atoms with E-state index in [2.05, 4.69) is 55.6 Å². The van der Waals surface area contributed by atoms with Gasteiger partial charge in [0.05, 0.1) is 6.54 Å². The van der Waals surface area contributed by atoms with Crippen LogP contribution in [0.5, 0.6) is 0 Å². The largest absolute Gasteiger partial charge is 0.336 e. The van der Waals surface area contributed by atoms with E-state index in [0.717, 1.165) is 19.4 Å². The number of likely N-dealkylation sites (N-methyl/N-ethyl adjacent to an activating group) is 1. The summed E-state index contributed by atoms with van der Waals surface area (Å²) >= 11 is 0. The number of rotatable bonds is 11. The minimum Gasteiger partial charge on any atom is -0.336 e. The molecule has 0 radical (unpaired) electrons. The topological polar surface area (TPSA) is 73.0 Å². The number of nitrogens with zero attached hydrogens (tertiary/aromatic N) is 3. The summed E-state index contributed by atoms with van der Waals surface area (Å²) in [5.74, 6) is 0.317. The molecule has 1 saturated heterocycles. The third-order valence-electron chi connectivity index (χ3n) is 7.23. The Morgan fingerprint density at radius 2 is 1.61 bits per heavy atom. The zero-order chi connectivity index (χ0) is 30.9. The van der Waals surface area contributed by atoms with Crippen molar-refractivity contribution in [2.45, 2.75) is 92.4 Å². The molecule has 1 N–H and O–H groups in total. The van der Waals surface area contributed by atoms with Crippen LogP contribution < -0.4 is 5.32 Å². The number of piperazine rings is 1. The van der Waals surface area contributed by atoms with E-state index in [1.165, 1.54) is 21.6 Å². The first-order valence-corrected chi connectivity index (χ1v) is 15.2. The Morgan fingerprint density at radius 3 is 2.10 bits per heavy atom. The van der Waals surface area contributed by atoms with Gasteiger partial charge in [-0.3, -0.25) is 14.4 Å². The summed E-state index contributed by atoms with van der Waals surface area (Å²) in [6, 6.07) is 18.3. The molecule has 1 fully saturated rings. The van der Waals surface area contributed by atoms with Gasteiger partial charge < -0.3 is 20.0 Å². The van der Waals surface area contributed by atoms with Crippen LogP contribution in [0.25, 0.3) is 0 Å². The van der Waals surface area contributed by atoms with Crippen molar-refractivity contribution in [3.8, 4) is 0 Å². The van der Waals surface area contributed by atoms with Crippen LogP contribution in [-0.2, 0) is 27.3 Å². The standard InChI is InChI=1S/C22H33N3O3.C10H15N.C2H6/c1-6-21(27)25-19(12-16(2)3)22(28)24(14-20(25)23(5)15-26)13-17(4)18-10-8-7-9-11-18;1-3-9-4-6-10(7-5-9)8-11-2;1-2/h7-11,15-17,19-20H,6,12-14H2,1-5H3;4-7,11H,3,8H2,1-2H3;1-2H3/t17?,19-,20?;;/m0../s1. The first-order chi connectivity index (χ1) is 19.7. The average molecular weight is 567 g/mol. The summed E-state index contributed by atoms with van der Waals surface area (Å²) < 4.78 is 0. The highest BCUT2D eigenvalue weighted by Gasteiger charge is 2.44. The molecule has 3 atom stereocenters. The second kappa shape index (κ2) is 19.0. The maximum atomic E-state index is 13.3. The molecule has 1 aliphatic heterocycles. The summed E-state index contributed by atoms with van der Waals surface area (Å²) in [6.45, 7) is 16.0. The van der Waals surface area contributed by atoms with E-state index < -0.39 is 12.2 Å². The van der Waals surface area contributed by atoms with E-state index >= 15 is 0 Å². The zero-order valence-electron chi connectivity index (χ0n) is 26.9. The highest BCUT2D eigenvalue weighted by atomic mass is 16.2. The maximum Gasteiger partial charge on any atom is 0.245 e. The summed E-state index contributed by atoms with van der Waals surface area (Å²) in [5, 5.41) is 3.12. The molecule has 7 heteroatoms. The lowest BCUT2D eigenvalue weighted by Crippen LogP contribution is -2.67. The third-order valence-corrected chi connectivity index (χ3v) is 7.23. The Balaban J connectivity index is 0.000000538. The number of amides is 3. The van der Waals surface area contributed by atoms with Gasteiger partial charge >= 0.3 is 0 Å². The van der Waals surface area contributed by atoms with Crippen LogP contribution in [-0.4, -0.2) is 72.3 Å². The molecule has 41 heavy (non-hydrogen) atoms. The van der Waals surface area contributed by atoms with Gasteiger partial charge in [-0.1, -0.05) is 103 Å². The lowest BCUT2D eigenvalue weighted by molar-refractivity contribution is -0.165. The van der Waals surface area contributed by atoms with Crippen molar-refractivity contribution in [3.05, 3.63) is 71.3 Å². The van der Waals surface area contributed by atoms with Gasteiger partial charge in [0.15, 0.2) is 0 Å². The number of hydrogen-bond donors (Lipinski definition) is 1. The second-order valence-corrected chi connectivity index (χ2v) is 10.8. The number of hydrogen-bond acceptors (Lipinski definition) is 4. The van der Waals surface area contributed by atoms with E-state index in [1.54, 1.807) is 18.9 Å². The molecular weight excluding hydrogens is 512 g/mol. The van der Waals surface area contributed by atoms with Crippen molar-refractivity contribution in [1.82, 2.24) is 20.0 Å². The number of aryl methyl sites for hydroxylation is 1. The quantitative estimate of drug-likeness (QED) is 0.355. The van der Waals surface area contributed by atoms with Crippen LogP contribution >= 0.6 is 0 Å². The lowest BCUT2D eigenvalue weighted by atomic mass is 9.95. The van der Waals surface area contributed by atoms with Crippen molar-refractivity contribution in [1.29, 1.82) is 0 Å². The highest BCUT2D eigenvalue weighted by Crippen LogP contribution is 2.27. The summed E-state index contributed by atoms with van der Waals surface area (Å²) in [5.41, 5.74) is 3.93. The Morgan fingerprint density at radius 1 is 1.02 bits per heavy atom. The van der Waals surface area contributed by atoms with Crippen molar-refractivity contribution < 1.29 is 14.4 Å². The Kier molecular flexibility index (Phi) is 16.6. The van der Waals surface area contributed by atoms with Crippen LogP contribution in [0.4, 0.5) is 0 Å². The first kappa shape index (κ1) is 35.8. The predicted molar refractivity (Wildman–Crippen MR) is 169 cm³/mol. The average Bonchev–Trinajstić information content (AvgIpc) is 3.00. The van der Waals surface area contributed by atoms with Crippen molar-refractivity contribution in [2.24, 2.45) is 5.92 Å². The molecule has 1 heterocycles. The maximum absolute atomic E-state index is 13.3. The number of benzene rings is 2. The monoisotopic (exact) mass is 566 g/mol. The molecule has 0 aliphatic carbocycles. The highest BCUT2D eigenvalue weighted by molar-refractivity contribution is 5.89. The molecular formula is C34H54N4O3. The second-order valence-electron chi connectivity index (χ2n) is 10.8. The minimum atomic E-state index is -0.531. The van der Waals surface area contributed by atoms with Gasteiger partial charge in [0.25, 0.3) is 0 Å². The van der Waals surface area contributed by atoms with Crippen LogP contribution in [0, 0.1) is 5.92 Å². The molecule has 2 aromatic carbocycles. The molecule has 0 saturated carbocycles. The summed E-state index contributed by atoms with van der Waals surface area (Å²) in [6.07, 6.45) is 2.33. The molecule has 3 rings (SSSR count). The van der Waals surface area contributed by atoms with E-state index in [4.69, 9.17) is 0 Å². The molecule has 2 unspecified atom stereocenters. The van der Waals surface area contributed by atoms with Gasteiger partial charge in [-0.25, -0.2) is 0 Å². The van der Waals surface area contributed by atoms with Gasteiger partial charge in [-0.05, 0) is 48.4 Å². The minimum absolute atomic E-state index is 0.0196. The summed E-state index contributed by atoms with van der Waals surface area (Å²) in [4.78, 5) is 42.5. The SMILES string of the molecule is CC.CCC(=O)N1C(N(C)C=O)CN(CC(C)c2ccccc2)C(=O)[C@@H]1CC(C)C.CCc1ccc(CNC)cc1. The van der Waals surface area contributed by atoms with Gasteiger partial charge in [0, 0.05) is 26.6 Å². The number of carbonyl (C=O) groups is 3. The van der Waals surface area contributed by atoms with E-state index in [-0.39, 0.29) is 23.7 Å². The van der Waals surface area contributed by atoms with Gasteiger partial charge in [0.1, 0.15) is 12.2 Å². The number of nitrogens with one attached hydrogen (secondary N) is 1. The van der Waals surface area contributed by atoms with Crippen LogP contribution in [0.3, 0.4) is 0 Å². The normalized spacial score (nSPS) is 17.2. The molecule has 0 spiro atoms. The van der Waals surface area contributed by atoms with Crippen molar-refractivity contribution in [3.63, 3.8) is 0 Å². The molecule has 2 aromatic rings.